The number of aryl methyl sites for hydroxylation is 1. The van der Waals surface area contributed by atoms with Crippen LogP contribution in [0.4, 0.5) is 0 Å². The standard InChI is InChI=1S/C15H19N3O2/c1-2-14-16-6-8-18(14)13-4-3-7-17(10-13)15(19)12-5-9-20-11-12/h5-6,8-9,11,13H,2-4,7,10H2,1H3. The van der Waals surface area contributed by atoms with E-state index in [0.717, 1.165) is 38.2 Å². The molecule has 5 heteroatoms. The van der Waals surface area contributed by atoms with E-state index >= 15 is 0 Å². The number of aromatic nitrogens is 2. The van der Waals surface area contributed by atoms with Crippen molar-refractivity contribution in [3.05, 3.63) is 42.4 Å². The summed E-state index contributed by atoms with van der Waals surface area (Å²) in [5.74, 6) is 1.15. The van der Waals surface area contributed by atoms with Crippen LogP contribution in [-0.2, 0) is 6.42 Å². The fourth-order valence-electron chi connectivity index (χ4n) is 2.89. The summed E-state index contributed by atoms with van der Waals surface area (Å²) in [4.78, 5) is 18.7. The summed E-state index contributed by atoms with van der Waals surface area (Å²) in [5, 5.41) is 0. The van der Waals surface area contributed by atoms with Crippen LogP contribution in [0.15, 0.2) is 35.4 Å². The minimum absolute atomic E-state index is 0.0570. The number of hydrogen-bond donors (Lipinski definition) is 0. The van der Waals surface area contributed by atoms with Gasteiger partial charge < -0.3 is 13.9 Å². The third kappa shape index (κ3) is 2.35. The molecule has 5 nitrogen and oxygen atoms in total. The third-order valence-corrected chi connectivity index (χ3v) is 3.91. The molecule has 2 aromatic rings. The van der Waals surface area contributed by atoms with Gasteiger partial charge in [-0.2, -0.15) is 0 Å². The number of rotatable bonds is 3. The highest BCUT2D eigenvalue weighted by atomic mass is 16.3. The van der Waals surface area contributed by atoms with Gasteiger partial charge in [-0.15, -0.1) is 0 Å². The number of piperidine rings is 1. The maximum absolute atomic E-state index is 12.4. The lowest BCUT2D eigenvalue weighted by molar-refractivity contribution is 0.0677. The van der Waals surface area contributed by atoms with Crippen LogP contribution in [0.2, 0.25) is 0 Å². The Bertz CT molecular complexity index is 574. The number of hydrogen-bond acceptors (Lipinski definition) is 3. The highest BCUT2D eigenvalue weighted by molar-refractivity contribution is 5.93. The summed E-state index contributed by atoms with van der Waals surface area (Å²) in [6, 6.07) is 2.05. The van der Waals surface area contributed by atoms with Gasteiger partial charge in [-0.1, -0.05) is 6.92 Å². The first-order chi connectivity index (χ1) is 9.79. The zero-order valence-corrected chi connectivity index (χ0v) is 11.7. The summed E-state index contributed by atoms with van der Waals surface area (Å²) in [7, 11) is 0. The van der Waals surface area contributed by atoms with E-state index in [-0.39, 0.29) is 5.91 Å². The van der Waals surface area contributed by atoms with Crippen molar-refractivity contribution in [3.63, 3.8) is 0 Å². The molecule has 0 radical (unpaired) electrons. The maximum Gasteiger partial charge on any atom is 0.257 e. The molecule has 1 aliphatic rings. The smallest absolute Gasteiger partial charge is 0.257 e. The Balaban J connectivity index is 1.75. The first-order valence-corrected chi connectivity index (χ1v) is 7.12. The molecule has 1 unspecified atom stereocenters. The second-order valence-electron chi connectivity index (χ2n) is 5.16. The molecule has 3 heterocycles. The molecule has 0 N–H and O–H groups in total. The van der Waals surface area contributed by atoms with E-state index in [4.69, 9.17) is 4.42 Å². The van der Waals surface area contributed by atoms with E-state index in [1.165, 1.54) is 6.26 Å². The third-order valence-electron chi connectivity index (χ3n) is 3.91. The van der Waals surface area contributed by atoms with Crippen LogP contribution in [0.25, 0.3) is 0 Å². The molecule has 1 fully saturated rings. The summed E-state index contributed by atoms with van der Waals surface area (Å²) in [5.41, 5.74) is 0.631. The van der Waals surface area contributed by atoms with Gasteiger partial charge in [0.15, 0.2) is 0 Å². The molecule has 0 aliphatic carbocycles. The predicted molar refractivity (Wildman–Crippen MR) is 74.5 cm³/mol. The van der Waals surface area contributed by atoms with Crippen molar-refractivity contribution in [2.24, 2.45) is 0 Å². The van der Waals surface area contributed by atoms with E-state index in [1.54, 1.807) is 12.3 Å². The van der Waals surface area contributed by atoms with E-state index in [1.807, 2.05) is 17.3 Å². The fraction of sp³-hybridized carbons (Fsp3) is 0.467. The highest BCUT2D eigenvalue weighted by Crippen LogP contribution is 2.24. The summed E-state index contributed by atoms with van der Waals surface area (Å²) >= 11 is 0. The molecular formula is C15H19N3O2. The number of imidazole rings is 1. The SMILES string of the molecule is CCc1nccn1C1CCCN(C(=O)c2ccoc2)C1. The number of carbonyl (C=O) groups excluding carboxylic acids is 1. The van der Waals surface area contributed by atoms with Crippen LogP contribution in [0, 0.1) is 0 Å². The molecule has 0 bridgehead atoms. The molecule has 20 heavy (non-hydrogen) atoms. The van der Waals surface area contributed by atoms with Gasteiger partial charge in [-0.05, 0) is 18.9 Å². The molecular weight excluding hydrogens is 254 g/mol. The lowest BCUT2D eigenvalue weighted by Crippen LogP contribution is -2.40. The Morgan fingerprint density at radius 1 is 1.55 bits per heavy atom. The van der Waals surface area contributed by atoms with Crippen molar-refractivity contribution in [1.82, 2.24) is 14.5 Å². The molecule has 1 saturated heterocycles. The second-order valence-corrected chi connectivity index (χ2v) is 5.16. The molecule has 1 atom stereocenters. The maximum atomic E-state index is 12.4. The van der Waals surface area contributed by atoms with Gasteiger partial charge in [0, 0.05) is 31.9 Å². The van der Waals surface area contributed by atoms with Crippen LogP contribution in [-0.4, -0.2) is 33.4 Å². The molecule has 0 spiro atoms. The van der Waals surface area contributed by atoms with Gasteiger partial charge in [0.1, 0.15) is 12.1 Å². The van der Waals surface area contributed by atoms with Gasteiger partial charge in [-0.25, -0.2) is 4.98 Å². The number of likely N-dealkylation sites (tertiary alicyclic amines) is 1. The van der Waals surface area contributed by atoms with Gasteiger partial charge in [-0.3, -0.25) is 4.79 Å². The number of amides is 1. The van der Waals surface area contributed by atoms with Crippen LogP contribution in [0.5, 0.6) is 0 Å². The summed E-state index contributed by atoms with van der Waals surface area (Å²) in [6.45, 7) is 3.67. The lowest BCUT2D eigenvalue weighted by Gasteiger charge is -2.33. The monoisotopic (exact) mass is 273 g/mol. The van der Waals surface area contributed by atoms with Crippen LogP contribution >= 0.6 is 0 Å². The Kier molecular flexibility index (Phi) is 3.58. The van der Waals surface area contributed by atoms with Crippen molar-refractivity contribution < 1.29 is 9.21 Å². The van der Waals surface area contributed by atoms with Crippen molar-refractivity contribution in [2.75, 3.05) is 13.1 Å². The van der Waals surface area contributed by atoms with E-state index in [0.29, 0.717) is 11.6 Å². The molecule has 3 rings (SSSR count). The zero-order chi connectivity index (χ0) is 13.9. The van der Waals surface area contributed by atoms with Crippen molar-refractivity contribution >= 4 is 5.91 Å². The molecule has 1 aliphatic heterocycles. The normalized spacial score (nSPS) is 19.2. The number of carbonyl (C=O) groups is 1. The molecule has 2 aromatic heterocycles. The van der Waals surface area contributed by atoms with Crippen LogP contribution in [0.1, 0.15) is 42.0 Å². The molecule has 0 aromatic carbocycles. The number of nitrogens with zero attached hydrogens (tertiary/aromatic N) is 3. The minimum Gasteiger partial charge on any atom is -0.472 e. The second kappa shape index (κ2) is 5.53. The molecule has 106 valence electrons. The van der Waals surface area contributed by atoms with E-state index in [9.17, 15) is 4.79 Å². The Morgan fingerprint density at radius 2 is 2.45 bits per heavy atom. The summed E-state index contributed by atoms with van der Waals surface area (Å²) in [6.07, 6.45) is 9.96. The lowest BCUT2D eigenvalue weighted by atomic mass is 10.0. The van der Waals surface area contributed by atoms with Gasteiger partial charge in [0.05, 0.1) is 17.9 Å². The topological polar surface area (TPSA) is 51.3 Å². The van der Waals surface area contributed by atoms with Crippen molar-refractivity contribution in [2.45, 2.75) is 32.2 Å². The average molecular weight is 273 g/mol. The van der Waals surface area contributed by atoms with Gasteiger partial charge in [0.2, 0.25) is 0 Å². The van der Waals surface area contributed by atoms with E-state index in [2.05, 4.69) is 16.5 Å². The van der Waals surface area contributed by atoms with Gasteiger partial charge in [0.25, 0.3) is 5.91 Å². The van der Waals surface area contributed by atoms with E-state index < -0.39 is 0 Å². The van der Waals surface area contributed by atoms with Crippen LogP contribution in [0.3, 0.4) is 0 Å². The Labute approximate surface area is 118 Å². The first-order valence-electron chi connectivity index (χ1n) is 7.12. The zero-order valence-electron chi connectivity index (χ0n) is 11.7. The molecule has 1 amide bonds. The van der Waals surface area contributed by atoms with Gasteiger partial charge >= 0.3 is 0 Å². The summed E-state index contributed by atoms with van der Waals surface area (Å²) < 4.78 is 7.22. The predicted octanol–water partition coefficient (Wildman–Crippen LogP) is 2.52. The van der Waals surface area contributed by atoms with Crippen molar-refractivity contribution in [1.29, 1.82) is 0 Å². The fourth-order valence-corrected chi connectivity index (χ4v) is 2.89. The van der Waals surface area contributed by atoms with Crippen LogP contribution < -0.4 is 0 Å². The quantitative estimate of drug-likeness (QED) is 0.863. The Hall–Kier alpha value is -2.04. The average Bonchev–Trinajstić information content (AvgIpc) is 3.17. The minimum atomic E-state index is 0.0570. The first kappa shape index (κ1) is 13.0. The molecule has 0 saturated carbocycles. The highest BCUT2D eigenvalue weighted by Gasteiger charge is 2.26. The largest absolute Gasteiger partial charge is 0.472 e. The van der Waals surface area contributed by atoms with Crippen molar-refractivity contribution in [3.8, 4) is 0 Å². The number of furan rings is 1. The Morgan fingerprint density at radius 3 is 3.20 bits per heavy atom.